The minimum Gasteiger partial charge on any atom is -0.481 e. The van der Waals surface area contributed by atoms with Crippen molar-refractivity contribution >= 4 is 17.8 Å². The molecule has 0 aliphatic heterocycles. The van der Waals surface area contributed by atoms with Crippen molar-refractivity contribution in [2.45, 2.75) is 46.1 Å². The number of hydrogen-bond acceptors (Lipinski definition) is 3. The highest BCUT2D eigenvalue weighted by atomic mass is 16.4. The van der Waals surface area contributed by atoms with E-state index >= 15 is 0 Å². The van der Waals surface area contributed by atoms with E-state index in [9.17, 15) is 14.4 Å². The van der Waals surface area contributed by atoms with E-state index in [4.69, 9.17) is 5.11 Å². The van der Waals surface area contributed by atoms with Crippen molar-refractivity contribution in [3.63, 3.8) is 0 Å². The first-order valence-electron chi connectivity index (χ1n) is 8.57. The fraction of sp³-hybridized carbons (Fsp3) is 0.526. The molecule has 1 aromatic carbocycles. The second kappa shape index (κ2) is 7.68. The molecule has 6 nitrogen and oxygen atoms in total. The highest BCUT2D eigenvalue weighted by molar-refractivity contribution is 5.98. The summed E-state index contributed by atoms with van der Waals surface area (Å²) in [6.07, 6.45) is 1.73. The Balaban J connectivity index is 1.90. The Morgan fingerprint density at radius 1 is 1.04 bits per heavy atom. The molecular weight excluding hydrogens is 320 g/mol. The van der Waals surface area contributed by atoms with E-state index in [2.05, 4.69) is 10.6 Å². The Morgan fingerprint density at radius 2 is 1.60 bits per heavy atom. The normalized spacial score (nSPS) is 20.1. The van der Waals surface area contributed by atoms with Gasteiger partial charge in [-0.15, -0.1) is 0 Å². The van der Waals surface area contributed by atoms with Crippen LogP contribution in [0.3, 0.4) is 0 Å². The Morgan fingerprint density at radius 3 is 2.08 bits per heavy atom. The van der Waals surface area contributed by atoms with E-state index < -0.39 is 5.97 Å². The molecule has 2 atom stereocenters. The van der Waals surface area contributed by atoms with E-state index in [1.54, 1.807) is 24.3 Å². The van der Waals surface area contributed by atoms with Gasteiger partial charge in [-0.25, -0.2) is 0 Å². The molecule has 0 radical (unpaired) electrons. The van der Waals surface area contributed by atoms with Crippen LogP contribution in [0.25, 0.3) is 0 Å². The maximum atomic E-state index is 12.3. The quantitative estimate of drug-likeness (QED) is 0.763. The van der Waals surface area contributed by atoms with E-state index in [0.717, 1.165) is 0 Å². The summed E-state index contributed by atoms with van der Waals surface area (Å²) in [6.45, 7) is 6.69. The van der Waals surface area contributed by atoms with Crippen LogP contribution in [-0.4, -0.2) is 35.5 Å². The third kappa shape index (κ3) is 5.59. The molecule has 0 heterocycles. The molecule has 6 heteroatoms. The van der Waals surface area contributed by atoms with E-state index in [-0.39, 0.29) is 29.2 Å². The Hall–Kier alpha value is -2.37. The number of carbonyl (C=O) groups excluding carboxylic acids is 2. The van der Waals surface area contributed by atoms with Gasteiger partial charge in [0.25, 0.3) is 11.8 Å². The zero-order valence-electron chi connectivity index (χ0n) is 15.0. The standard InChI is InChI=1S/C19H26N2O4/c1-19(2,3)11-20-16(22)12-4-6-13(7-5-12)17(23)21-15-9-8-14(10-15)18(24)25/h4-7,14-15H,8-11H2,1-3H3,(H,20,22)(H,21,23)(H,24,25)/t14-,15+/m0/s1. The number of hydrogen-bond donors (Lipinski definition) is 3. The van der Waals surface area contributed by atoms with Crippen LogP contribution < -0.4 is 10.6 Å². The summed E-state index contributed by atoms with van der Waals surface area (Å²) in [5.74, 6) is -1.58. The maximum Gasteiger partial charge on any atom is 0.306 e. The summed E-state index contributed by atoms with van der Waals surface area (Å²) in [4.78, 5) is 35.3. The number of carboxylic acid groups (broad SMARTS) is 1. The van der Waals surface area contributed by atoms with Gasteiger partial charge in [0.15, 0.2) is 0 Å². The lowest BCUT2D eigenvalue weighted by molar-refractivity contribution is -0.141. The van der Waals surface area contributed by atoms with Crippen molar-refractivity contribution < 1.29 is 19.5 Å². The molecule has 1 saturated carbocycles. The molecule has 0 bridgehead atoms. The summed E-state index contributed by atoms with van der Waals surface area (Å²) in [6, 6.07) is 6.38. The lowest BCUT2D eigenvalue weighted by Gasteiger charge is -2.18. The summed E-state index contributed by atoms with van der Waals surface area (Å²) in [5, 5.41) is 14.7. The fourth-order valence-corrected chi connectivity index (χ4v) is 2.83. The van der Waals surface area contributed by atoms with E-state index in [1.165, 1.54) is 0 Å². The first kappa shape index (κ1) is 19.0. The van der Waals surface area contributed by atoms with Crippen LogP contribution in [0.15, 0.2) is 24.3 Å². The Kier molecular flexibility index (Phi) is 5.82. The van der Waals surface area contributed by atoms with Gasteiger partial charge < -0.3 is 15.7 Å². The first-order chi connectivity index (χ1) is 11.7. The molecule has 1 fully saturated rings. The topological polar surface area (TPSA) is 95.5 Å². The SMILES string of the molecule is CC(C)(C)CNC(=O)c1ccc(C(=O)N[C@@H]2CC[C@H](C(=O)O)C2)cc1. The van der Waals surface area contributed by atoms with Crippen molar-refractivity contribution in [3.05, 3.63) is 35.4 Å². The molecular formula is C19H26N2O4. The van der Waals surface area contributed by atoms with Crippen molar-refractivity contribution in [1.82, 2.24) is 10.6 Å². The molecule has 1 aromatic rings. The number of carbonyl (C=O) groups is 3. The van der Waals surface area contributed by atoms with Gasteiger partial charge in [0.2, 0.25) is 0 Å². The minimum atomic E-state index is -0.803. The van der Waals surface area contributed by atoms with Crippen LogP contribution in [0, 0.1) is 11.3 Å². The van der Waals surface area contributed by atoms with E-state index in [1.807, 2.05) is 20.8 Å². The minimum absolute atomic E-state index is 0.00454. The molecule has 3 N–H and O–H groups in total. The summed E-state index contributed by atoms with van der Waals surface area (Å²) in [7, 11) is 0. The third-order valence-electron chi connectivity index (χ3n) is 4.31. The van der Waals surface area contributed by atoms with Crippen molar-refractivity contribution in [3.8, 4) is 0 Å². The summed E-state index contributed by atoms with van der Waals surface area (Å²) >= 11 is 0. The van der Waals surface area contributed by atoms with Crippen LogP contribution in [0.2, 0.25) is 0 Å². The second-order valence-electron chi connectivity index (χ2n) is 7.84. The molecule has 2 rings (SSSR count). The Bertz CT molecular complexity index is 646. The molecule has 2 amide bonds. The highest BCUT2D eigenvalue weighted by Gasteiger charge is 2.30. The zero-order chi connectivity index (χ0) is 18.6. The predicted octanol–water partition coefficient (Wildman–Crippen LogP) is 2.45. The van der Waals surface area contributed by atoms with Gasteiger partial charge in [0.1, 0.15) is 0 Å². The molecule has 136 valence electrons. The van der Waals surface area contributed by atoms with Gasteiger partial charge in [0.05, 0.1) is 5.92 Å². The van der Waals surface area contributed by atoms with Gasteiger partial charge >= 0.3 is 5.97 Å². The number of aliphatic carboxylic acids is 1. The summed E-state index contributed by atoms with van der Waals surface area (Å²) in [5.41, 5.74) is 0.976. The lowest BCUT2D eigenvalue weighted by atomic mass is 9.97. The smallest absolute Gasteiger partial charge is 0.306 e. The maximum absolute atomic E-state index is 12.3. The van der Waals surface area contributed by atoms with Crippen molar-refractivity contribution in [2.75, 3.05) is 6.54 Å². The number of carboxylic acids is 1. The zero-order valence-corrected chi connectivity index (χ0v) is 15.0. The third-order valence-corrected chi connectivity index (χ3v) is 4.31. The van der Waals surface area contributed by atoms with Gasteiger partial charge in [-0.2, -0.15) is 0 Å². The van der Waals surface area contributed by atoms with Gasteiger partial charge in [-0.3, -0.25) is 14.4 Å². The molecule has 0 spiro atoms. The highest BCUT2D eigenvalue weighted by Crippen LogP contribution is 2.25. The lowest BCUT2D eigenvalue weighted by Crippen LogP contribution is -2.33. The monoisotopic (exact) mass is 346 g/mol. The van der Waals surface area contributed by atoms with Crippen molar-refractivity contribution in [1.29, 1.82) is 0 Å². The molecule has 0 unspecified atom stereocenters. The number of amides is 2. The van der Waals surface area contributed by atoms with Crippen molar-refractivity contribution in [2.24, 2.45) is 11.3 Å². The second-order valence-corrected chi connectivity index (χ2v) is 7.84. The van der Waals surface area contributed by atoms with Crippen LogP contribution in [0.1, 0.15) is 60.7 Å². The molecule has 0 saturated heterocycles. The van der Waals surface area contributed by atoms with Crippen LogP contribution in [0.4, 0.5) is 0 Å². The van der Waals surface area contributed by atoms with Crippen LogP contribution in [0.5, 0.6) is 0 Å². The van der Waals surface area contributed by atoms with Gasteiger partial charge in [0, 0.05) is 23.7 Å². The van der Waals surface area contributed by atoms with Crippen LogP contribution in [-0.2, 0) is 4.79 Å². The fourth-order valence-electron chi connectivity index (χ4n) is 2.83. The molecule has 1 aliphatic rings. The molecule has 0 aromatic heterocycles. The van der Waals surface area contributed by atoms with Gasteiger partial charge in [-0.1, -0.05) is 20.8 Å². The Labute approximate surface area is 148 Å². The summed E-state index contributed by atoms with van der Waals surface area (Å²) < 4.78 is 0. The predicted molar refractivity (Wildman–Crippen MR) is 94.5 cm³/mol. The van der Waals surface area contributed by atoms with Gasteiger partial charge in [-0.05, 0) is 48.9 Å². The first-order valence-corrected chi connectivity index (χ1v) is 8.57. The largest absolute Gasteiger partial charge is 0.481 e. The van der Waals surface area contributed by atoms with E-state index in [0.29, 0.717) is 36.9 Å². The average Bonchev–Trinajstić information content (AvgIpc) is 3.01. The number of rotatable bonds is 5. The number of nitrogens with one attached hydrogen (secondary N) is 2. The molecule has 1 aliphatic carbocycles. The average molecular weight is 346 g/mol. The molecule has 25 heavy (non-hydrogen) atoms. The number of benzene rings is 1. The van der Waals surface area contributed by atoms with Crippen LogP contribution >= 0.6 is 0 Å².